The Morgan fingerprint density at radius 2 is 1.78 bits per heavy atom. The number of carbonyl (C=O) groups is 1. The van der Waals surface area contributed by atoms with Crippen LogP contribution in [0.3, 0.4) is 0 Å². The first-order chi connectivity index (χ1) is 17.6. The molecule has 36 heavy (non-hydrogen) atoms. The highest BCUT2D eigenvalue weighted by atomic mass is 32.1. The van der Waals surface area contributed by atoms with Crippen LogP contribution < -0.4 is 14.8 Å². The summed E-state index contributed by atoms with van der Waals surface area (Å²) in [5.74, 6) is 1.68. The van der Waals surface area contributed by atoms with Crippen LogP contribution in [0.5, 0.6) is 11.5 Å². The maximum atomic E-state index is 13.4. The Morgan fingerprint density at radius 3 is 2.47 bits per heavy atom. The van der Waals surface area contributed by atoms with E-state index >= 15 is 0 Å². The fourth-order valence-electron chi connectivity index (χ4n) is 4.82. The van der Waals surface area contributed by atoms with E-state index in [1.54, 1.807) is 25.6 Å². The zero-order valence-electron chi connectivity index (χ0n) is 20.6. The first-order valence-corrected chi connectivity index (χ1v) is 13.1. The standard InChI is InChI=1S/C29H31N3O3S/c1-34-23-16-20(17-24(18-23)35-2)19-32-13-11-22(12-14-32)29(33)31-28(27-8-5-15-36-27)26-10-9-21-6-3-4-7-25(21)30-26/h3-10,15-18,22,28H,11-14,19H2,1-2H3,(H,31,33). The number of nitrogens with zero attached hydrogens (tertiary/aromatic N) is 2. The van der Waals surface area contributed by atoms with Crippen molar-refractivity contribution in [3.63, 3.8) is 0 Å². The number of rotatable bonds is 8. The molecule has 1 saturated heterocycles. The number of amides is 1. The first kappa shape index (κ1) is 24.3. The van der Waals surface area contributed by atoms with E-state index in [2.05, 4.69) is 28.4 Å². The van der Waals surface area contributed by atoms with E-state index < -0.39 is 0 Å². The van der Waals surface area contributed by atoms with Gasteiger partial charge < -0.3 is 14.8 Å². The maximum absolute atomic E-state index is 13.4. The molecule has 1 N–H and O–H groups in total. The van der Waals surface area contributed by atoms with Crippen LogP contribution in [0.2, 0.25) is 0 Å². The van der Waals surface area contributed by atoms with Crippen molar-refractivity contribution < 1.29 is 14.3 Å². The number of para-hydroxylation sites is 1. The molecule has 2 aromatic carbocycles. The Bertz CT molecular complexity index is 1290. The molecule has 1 amide bonds. The number of benzene rings is 2. The molecular weight excluding hydrogens is 470 g/mol. The van der Waals surface area contributed by atoms with Gasteiger partial charge in [0.05, 0.1) is 25.4 Å². The minimum atomic E-state index is -0.246. The fourth-order valence-corrected chi connectivity index (χ4v) is 5.61. The molecule has 1 unspecified atom stereocenters. The van der Waals surface area contributed by atoms with Gasteiger partial charge >= 0.3 is 0 Å². The molecule has 0 spiro atoms. The molecule has 1 aliphatic rings. The molecule has 186 valence electrons. The Morgan fingerprint density at radius 1 is 1.03 bits per heavy atom. The van der Waals surface area contributed by atoms with E-state index in [9.17, 15) is 4.79 Å². The second kappa shape index (κ2) is 11.1. The summed E-state index contributed by atoms with van der Waals surface area (Å²) >= 11 is 1.64. The van der Waals surface area contributed by atoms with Gasteiger partial charge in [-0.15, -0.1) is 11.3 Å². The third-order valence-corrected chi connectivity index (χ3v) is 7.74. The van der Waals surface area contributed by atoms with Gasteiger partial charge in [0.1, 0.15) is 17.5 Å². The number of methoxy groups -OCH3 is 2. The highest BCUT2D eigenvalue weighted by Crippen LogP contribution is 2.29. The lowest BCUT2D eigenvalue weighted by Crippen LogP contribution is -2.41. The minimum absolute atomic E-state index is 0.0102. The number of aromatic nitrogens is 1. The summed E-state index contributed by atoms with van der Waals surface area (Å²) < 4.78 is 10.8. The minimum Gasteiger partial charge on any atom is -0.497 e. The van der Waals surface area contributed by atoms with Crippen LogP contribution >= 0.6 is 11.3 Å². The van der Waals surface area contributed by atoms with Crippen LogP contribution in [0.1, 0.15) is 35.0 Å². The summed E-state index contributed by atoms with van der Waals surface area (Å²) in [6.45, 7) is 2.55. The molecule has 0 aliphatic carbocycles. The van der Waals surface area contributed by atoms with Crippen LogP contribution in [0.25, 0.3) is 10.9 Å². The molecule has 1 fully saturated rings. The number of thiophene rings is 1. The number of hydrogen-bond acceptors (Lipinski definition) is 6. The van der Waals surface area contributed by atoms with Crippen molar-refractivity contribution in [2.45, 2.75) is 25.4 Å². The van der Waals surface area contributed by atoms with Crippen LogP contribution in [0.15, 0.2) is 72.1 Å². The Kier molecular flexibility index (Phi) is 7.49. The van der Waals surface area contributed by atoms with Gasteiger partial charge in [-0.25, -0.2) is 0 Å². The van der Waals surface area contributed by atoms with Crippen molar-refractivity contribution in [1.29, 1.82) is 0 Å². The molecule has 7 heteroatoms. The van der Waals surface area contributed by atoms with Crippen molar-refractivity contribution in [3.8, 4) is 11.5 Å². The summed E-state index contributed by atoms with van der Waals surface area (Å²) in [5.41, 5.74) is 2.96. The molecule has 0 radical (unpaired) electrons. The molecule has 2 aromatic heterocycles. The van der Waals surface area contributed by atoms with Gasteiger partial charge in [-0.2, -0.15) is 0 Å². The lowest BCUT2D eigenvalue weighted by molar-refractivity contribution is -0.127. The molecular formula is C29H31N3O3S. The number of piperidine rings is 1. The van der Waals surface area contributed by atoms with Crippen molar-refractivity contribution in [3.05, 3.63) is 88.2 Å². The van der Waals surface area contributed by atoms with Gasteiger partial charge in [0, 0.05) is 28.8 Å². The lowest BCUT2D eigenvalue weighted by Gasteiger charge is -2.32. The van der Waals surface area contributed by atoms with Crippen LogP contribution in [0, 0.1) is 5.92 Å². The SMILES string of the molecule is COc1cc(CN2CCC(C(=O)NC(c3ccc4ccccc4n3)c3cccs3)CC2)cc(OC)c1. The van der Waals surface area contributed by atoms with E-state index in [-0.39, 0.29) is 17.9 Å². The van der Waals surface area contributed by atoms with E-state index in [1.807, 2.05) is 53.9 Å². The first-order valence-electron chi connectivity index (χ1n) is 12.3. The third kappa shape index (κ3) is 5.53. The second-order valence-electron chi connectivity index (χ2n) is 9.16. The average molecular weight is 502 g/mol. The van der Waals surface area contributed by atoms with E-state index in [4.69, 9.17) is 14.5 Å². The molecule has 6 nitrogen and oxygen atoms in total. The van der Waals surface area contributed by atoms with Crippen LogP contribution in [-0.2, 0) is 11.3 Å². The Balaban J connectivity index is 1.25. The molecule has 5 rings (SSSR count). The maximum Gasteiger partial charge on any atom is 0.224 e. The number of fused-ring (bicyclic) bond motifs is 1. The van der Waals surface area contributed by atoms with Crippen molar-refractivity contribution >= 4 is 28.1 Å². The second-order valence-corrected chi connectivity index (χ2v) is 10.1. The van der Waals surface area contributed by atoms with E-state index in [1.165, 1.54) is 0 Å². The highest BCUT2D eigenvalue weighted by Gasteiger charge is 2.28. The molecule has 0 bridgehead atoms. The van der Waals surface area contributed by atoms with Gasteiger partial charge in [-0.05, 0) is 67.2 Å². The topological polar surface area (TPSA) is 63.7 Å². The monoisotopic (exact) mass is 501 g/mol. The van der Waals surface area contributed by atoms with Crippen molar-refractivity contribution in [1.82, 2.24) is 15.2 Å². The summed E-state index contributed by atoms with van der Waals surface area (Å²) in [4.78, 5) is 21.7. The third-order valence-electron chi connectivity index (χ3n) is 6.81. The smallest absolute Gasteiger partial charge is 0.224 e. The summed E-state index contributed by atoms with van der Waals surface area (Å²) in [6, 6.07) is 22.0. The predicted octanol–water partition coefficient (Wildman–Crippen LogP) is 5.43. The average Bonchev–Trinajstić information content (AvgIpc) is 3.46. The summed E-state index contributed by atoms with van der Waals surface area (Å²) in [6.07, 6.45) is 1.66. The number of carbonyl (C=O) groups excluding carboxylic acids is 1. The van der Waals surface area contributed by atoms with Gasteiger partial charge in [-0.1, -0.05) is 30.3 Å². The molecule has 1 aliphatic heterocycles. The van der Waals surface area contributed by atoms with Gasteiger partial charge in [0.15, 0.2) is 0 Å². The Hall–Kier alpha value is -3.42. The highest BCUT2D eigenvalue weighted by molar-refractivity contribution is 7.10. The largest absolute Gasteiger partial charge is 0.497 e. The summed E-state index contributed by atoms with van der Waals surface area (Å²) in [5, 5.41) is 6.46. The number of nitrogens with one attached hydrogen (secondary N) is 1. The van der Waals surface area contributed by atoms with Crippen LogP contribution in [0.4, 0.5) is 0 Å². The number of ether oxygens (including phenoxy) is 2. The van der Waals surface area contributed by atoms with E-state index in [0.717, 1.165) is 71.0 Å². The number of likely N-dealkylation sites (tertiary alicyclic amines) is 1. The molecule has 0 saturated carbocycles. The van der Waals surface area contributed by atoms with Gasteiger partial charge in [0.25, 0.3) is 0 Å². The normalized spacial score (nSPS) is 15.5. The number of hydrogen-bond donors (Lipinski definition) is 1. The van der Waals surface area contributed by atoms with Gasteiger partial charge in [-0.3, -0.25) is 14.7 Å². The molecule has 1 atom stereocenters. The summed E-state index contributed by atoms with van der Waals surface area (Å²) in [7, 11) is 3.33. The van der Waals surface area contributed by atoms with E-state index in [0.29, 0.717) is 0 Å². The molecule has 3 heterocycles. The predicted molar refractivity (Wildman–Crippen MR) is 144 cm³/mol. The zero-order chi connectivity index (χ0) is 24.9. The Labute approximate surface area is 215 Å². The van der Waals surface area contributed by atoms with Crippen molar-refractivity contribution in [2.75, 3.05) is 27.3 Å². The molecule has 4 aromatic rings. The fraction of sp³-hybridized carbons (Fsp3) is 0.310. The van der Waals surface area contributed by atoms with Gasteiger partial charge in [0.2, 0.25) is 5.91 Å². The zero-order valence-corrected chi connectivity index (χ0v) is 21.5. The van der Waals surface area contributed by atoms with Crippen molar-refractivity contribution in [2.24, 2.45) is 5.92 Å². The number of pyridine rings is 1. The quantitative estimate of drug-likeness (QED) is 0.349. The lowest BCUT2D eigenvalue weighted by atomic mass is 9.94. The van der Waals surface area contributed by atoms with Crippen LogP contribution in [-0.4, -0.2) is 43.1 Å².